The van der Waals surface area contributed by atoms with E-state index in [9.17, 15) is 4.39 Å². The van der Waals surface area contributed by atoms with Gasteiger partial charge in [0, 0.05) is 16.4 Å². The standard InChI is InChI=1S/C16H20FNOS/c1-18-14(10-20-12-6-2-3-7-12)15-9-11-5-4-8-13(17)16(11)19-15/h4-5,8-9,12,14,18H,2-3,6-7,10H2,1H3. The lowest BCUT2D eigenvalue weighted by Gasteiger charge is -2.16. The third kappa shape index (κ3) is 2.86. The van der Waals surface area contributed by atoms with Gasteiger partial charge in [-0.05, 0) is 32.0 Å². The molecule has 1 aliphatic rings. The van der Waals surface area contributed by atoms with Crippen molar-refractivity contribution >= 4 is 22.7 Å². The van der Waals surface area contributed by atoms with Crippen LogP contribution < -0.4 is 5.32 Å². The highest BCUT2D eigenvalue weighted by atomic mass is 32.2. The second-order valence-corrected chi connectivity index (χ2v) is 6.72. The number of fused-ring (bicyclic) bond motifs is 1. The molecule has 2 aromatic rings. The van der Waals surface area contributed by atoms with Crippen LogP contribution in [-0.4, -0.2) is 18.1 Å². The molecule has 1 aliphatic carbocycles. The summed E-state index contributed by atoms with van der Waals surface area (Å²) in [7, 11) is 1.93. The minimum atomic E-state index is -0.285. The maximum absolute atomic E-state index is 13.7. The number of furan rings is 1. The van der Waals surface area contributed by atoms with E-state index in [2.05, 4.69) is 5.32 Å². The molecule has 1 heterocycles. The molecule has 0 amide bonds. The second-order valence-electron chi connectivity index (χ2n) is 5.39. The molecular formula is C16H20FNOS. The van der Waals surface area contributed by atoms with Gasteiger partial charge >= 0.3 is 0 Å². The first kappa shape index (κ1) is 14.0. The molecule has 1 fully saturated rings. The Bertz CT molecular complexity index is 577. The molecule has 0 spiro atoms. The van der Waals surface area contributed by atoms with E-state index >= 15 is 0 Å². The molecule has 1 aromatic heterocycles. The first-order valence-corrected chi connectivity index (χ1v) is 8.29. The molecule has 1 saturated carbocycles. The molecule has 20 heavy (non-hydrogen) atoms. The molecule has 0 bridgehead atoms. The van der Waals surface area contributed by atoms with E-state index in [1.54, 1.807) is 6.07 Å². The van der Waals surface area contributed by atoms with E-state index in [4.69, 9.17) is 4.42 Å². The van der Waals surface area contributed by atoms with E-state index < -0.39 is 0 Å². The Morgan fingerprint density at radius 1 is 1.40 bits per heavy atom. The van der Waals surface area contributed by atoms with Gasteiger partial charge in [0.25, 0.3) is 0 Å². The maximum atomic E-state index is 13.7. The summed E-state index contributed by atoms with van der Waals surface area (Å²) >= 11 is 2.01. The van der Waals surface area contributed by atoms with Crippen molar-refractivity contribution in [3.8, 4) is 0 Å². The summed E-state index contributed by atoms with van der Waals surface area (Å²) in [5, 5.41) is 4.91. The van der Waals surface area contributed by atoms with Crippen molar-refractivity contribution in [2.45, 2.75) is 37.0 Å². The van der Waals surface area contributed by atoms with E-state index in [1.807, 2.05) is 30.9 Å². The van der Waals surface area contributed by atoms with Gasteiger partial charge in [-0.3, -0.25) is 0 Å². The molecule has 1 N–H and O–H groups in total. The molecule has 3 rings (SSSR count). The van der Waals surface area contributed by atoms with Crippen LogP contribution >= 0.6 is 11.8 Å². The average molecular weight is 293 g/mol. The molecule has 0 saturated heterocycles. The van der Waals surface area contributed by atoms with Crippen molar-refractivity contribution in [3.63, 3.8) is 0 Å². The van der Waals surface area contributed by atoms with Crippen LogP contribution in [0.1, 0.15) is 37.5 Å². The fourth-order valence-electron chi connectivity index (χ4n) is 2.81. The first-order chi connectivity index (χ1) is 9.78. The van der Waals surface area contributed by atoms with Gasteiger partial charge in [0.1, 0.15) is 5.76 Å². The fraction of sp³-hybridized carbons (Fsp3) is 0.500. The molecule has 4 heteroatoms. The molecule has 0 aliphatic heterocycles. The SMILES string of the molecule is CNC(CSC1CCCC1)c1cc2cccc(F)c2o1. The van der Waals surface area contributed by atoms with Crippen LogP contribution in [-0.2, 0) is 0 Å². The van der Waals surface area contributed by atoms with E-state index in [0.717, 1.165) is 22.1 Å². The lowest BCUT2D eigenvalue weighted by molar-refractivity contribution is 0.466. The van der Waals surface area contributed by atoms with Crippen LogP contribution in [0.2, 0.25) is 0 Å². The zero-order valence-corrected chi connectivity index (χ0v) is 12.5. The van der Waals surface area contributed by atoms with Gasteiger partial charge < -0.3 is 9.73 Å². The highest BCUT2D eigenvalue weighted by Gasteiger charge is 2.20. The van der Waals surface area contributed by atoms with E-state index in [1.165, 1.54) is 31.7 Å². The van der Waals surface area contributed by atoms with Gasteiger partial charge in [-0.1, -0.05) is 25.0 Å². The predicted molar refractivity (Wildman–Crippen MR) is 82.7 cm³/mol. The number of halogens is 1. The highest BCUT2D eigenvalue weighted by Crippen LogP contribution is 2.33. The van der Waals surface area contributed by atoms with Crippen molar-refractivity contribution < 1.29 is 8.81 Å². The zero-order valence-electron chi connectivity index (χ0n) is 11.7. The van der Waals surface area contributed by atoms with Gasteiger partial charge in [0.05, 0.1) is 6.04 Å². The molecule has 2 nitrogen and oxygen atoms in total. The normalized spacial score (nSPS) is 17.9. The average Bonchev–Trinajstić information content (AvgIpc) is 3.09. The van der Waals surface area contributed by atoms with Crippen molar-refractivity contribution in [1.82, 2.24) is 5.32 Å². The molecule has 1 atom stereocenters. The Morgan fingerprint density at radius 3 is 2.90 bits per heavy atom. The van der Waals surface area contributed by atoms with Crippen molar-refractivity contribution in [2.75, 3.05) is 12.8 Å². The summed E-state index contributed by atoms with van der Waals surface area (Å²) in [5.74, 6) is 1.52. The molecule has 1 aromatic carbocycles. The summed E-state index contributed by atoms with van der Waals surface area (Å²) in [6, 6.07) is 7.15. The van der Waals surface area contributed by atoms with Gasteiger partial charge in [0.15, 0.2) is 11.4 Å². The number of benzene rings is 1. The first-order valence-electron chi connectivity index (χ1n) is 7.25. The van der Waals surface area contributed by atoms with Crippen molar-refractivity contribution in [2.24, 2.45) is 0 Å². The van der Waals surface area contributed by atoms with Crippen molar-refractivity contribution in [3.05, 3.63) is 35.8 Å². The number of para-hydroxylation sites is 1. The monoisotopic (exact) mass is 293 g/mol. The number of nitrogens with one attached hydrogen (secondary N) is 1. The lowest BCUT2D eigenvalue weighted by atomic mass is 10.2. The van der Waals surface area contributed by atoms with Crippen LogP contribution in [0.4, 0.5) is 4.39 Å². The Morgan fingerprint density at radius 2 is 2.20 bits per heavy atom. The smallest absolute Gasteiger partial charge is 0.169 e. The predicted octanol–water partition coefficient (Wildman–Crippen LogP) is 4.51. The van der Waals surface area contributed by atoms with Gasteiger partial charge in [-0.15, -0.1) is 0 Å². The minimum Gasteiger partial charge on any atom is -0.456 e. The minimum absolute atomic E-state index is 0.146. The van der Waals surface area contributed by atoms with E-state index in [0.29, 0.717) is 5.58 Å². The van der Waals surface area contributed by atoms with Gasteiger partial charge in [0.2, 0.25) is 0 Å². The van der Waals surface area contributed by atoms with E-state index in [-0.39, 0.29) is 11.9 Å². The lowest BCUT2D eigenvalue weighted by Crippen LogP contribution is -2.19. The topological polar surface area (TPSA) is 25.2 Å². The summed E-state index contributed by atoms with van der Waals surface area (Å²) < 4.78 is 19.4. The van der Waals surface area contributed by atoms with Crippen LogP contribution in [0, 0.1) is 5.82 Å². The van der Waals surface area contributed by atoms with Crippen LogP contribution in [0.15, 0.2) is 28.7 Å². The van der Waals surface area contributed by atoms with Gasteiger partial charge in [-0.25, -0.2) is 4.39 Å². The molecule has 1 unspecified atom stereocenters. The number of hydrogen-bond donors (Lipinski definition) is 1. The van der Waals surface area contributed by atoms with Crippen LogP contribution in [0.3, 0.4) is 0 Å². The Hall–Kier alpha value is -1.00. The summed E-state index contributed by atoms with van der Waals surface area (Å²) in [6.07, 6.45) is 5.38. The summed E-state index contributed by atoms with van der Waals surface area (Å²) in [6.45, 7) is 0. The summed E-state index contributed by atoms with van der Waals surface area (Å²) in [5.41, 5.74) is 0.369. The quantitative estimate of drug-likeness (QED) is 0.878. The van der Waals surface area contributed by atoms with Gasteiger partial charge in [-0.2, -0.15) is 11.8 Å². The van der Waals surface area contributed by atoms with Crippen molar-refractivity contribution in [1.29, 1.82) is 0 Å². The Labute approximate surface area is 123 Å². The zero-order chi connectivity index (χ0) is 13.9. The van der Waals surface area contributed by atoms with Crippen LogP contribution in [0.5, 0.6) is 0 Å². The summed E-state index contributed by atoms with van der Waals surface area (Å²) in [4.78, 5) is 0. The Balaban J connectivity index is 1.74. The largest absolute Gasteiger partial charge is 0.456 e. The molecular weight excluding hydrogens is 273 g/mol. The molecule has 108 valence electrons. The fourth-order valence-corrected chi connectivity index (χ4v) is 4.28. The highest BCUT2D eigenvalue weighted by molar-refractivity contribution is 7.99. The number of rotatable bonds is 5. The maximum Gasteiger partial charge on any atom is 0.169 e. The third-order valence-electron chi connectivity index (χ3n) is 4.01. The number of hydrogen-bond acceptors (Lipinski definition) is 3. The van der Waals surface area contributed by atoms with Crippen LogP contribution in [0.25, 0.3) is 11.0 Å². The third-order valence-corrected chi connectivity index (χ3v) is 5.48. The molecule has 0 radical (unpaired) electrons. The Kier molecular flexibility index (Phi) is 4.32. The number of thioether (sulfide) groups is 1. The second kappa shape index (κ2) is 6.19.